The molecule has 0 spiro atoms. The first-order chi connectivity index (χ1) is 14.7. The zero-order valence-corrected chi connectivity index (χ0v) is 19.7. The van der Waals surface area contributed by atoms with E-state index in [0.29, 0.717) is 0 Å². The Morgan fingerprint density at radius 3 is 1.91 bits per heavy atom. The molecule has 6 nitrogen and oxygen atoms in total. The third kappa shape index (κ3) is 11.5. The molecule has 0 bridgehead atoms. The summed E-state index contributed by atoms with van der Waals surface area (Å²) in [4.78, 5) is 10.1. The van der Waals surface area contributed by atoms with Crippen molar-refractivity contribution in [3.8, 4) is 0 Å². The Morgan fingerprint density at radius 1 is 0.938 bits per heavy atom. The van der Waals surface area contributed by atoms with E-state index in [-0.39, 0.29) is 0 Å². The fourth-order valence-electron chi connectivity index (χ4n) is 2.80. The van der Waals surface area contributed by atoms with Crippen LogP contribution in [0.15, 0.2) is 24.3 Å². The second-order valence-corrected chi connectivity index (χ2v) is 9.07. The standard InChI is InChI=1S/C19H32N5O.F6P/c1-5-9-15-23(16-10-6-2)19(22(7-3)8-4)25-24-18-14-12-11-13-17(18)20-21-24;1-7(2,3,4,5)6/h11-14H,5-10,15-16H2,1-4H3;/q+1;-1. The van der Waals surface area contributed by atoms with E-state index in [1.165, 1.54) is 12.8 Å². The monoisotopic (exact) mass is 491 g/mol. The summed E-state index contributed by atoms with van der Waals surface area (Å²) in [5.74, 6) is 0. The number of fused-ring (bicyclic) bond motifs is 1. The van der Waals surface area contributed by atoms with Crippen molar-refractivity contribution in [3.05, 3.63) is 24.3 Å². The van der Waals surface area contributed by atoms with Gasteiger partial charge in [-0.15, -0.1) is 5.10 Å². The summed E-state index contributed by atoms with van der Waals surface area (Å²) in [7, 11) is -10.7. The molecular weight excluding hydrogens is 459 g/mol. The SMILES string of the molecule is CCCC[N+](CCCC)=C(On1nnc2ccccc21)N(CC)CC.F[P-](F)(F)(F)(F)F. The maximum absolute atomic E-state index is 10.7. The Morgan fingerprint density at radius 2 is 1.44 bits per heavy atom. The summed E-state index contributed by atoms with van der Waals surface area (Å²) in [6.07, 6.45) is 4.63. The number of rotatable bonds is 9. The Labute approximate surface area is 184 Å². The van der Waals surface area contributed by atoms with Gasteiger partial charge in [-0.25, -0.2) is 9.48 Å². The van der Waals surface area contributed by atoms with Crippen LogP contribution in [0.3, 0.4) is 0 Å². The summed E-state index contributed by atoms with van der Waals surface area (Å²) in [6, 6.07) is 8.75. The molecule has 0 saturated carbocycles. The van der Waals surface area contributed by atoms with E-state index in [2.05, 4.69) is 47.5 Å². The van der Waals surface area contributed by atoms with Crippen LogP contribution in [0.25, 0.3) is 11.0 Å². The average Bonchev–Trinajstić information content (AvgIpc) is 3.09. The van der Waals surface area contributed by atoms with Crippen LogP contribution in [-0.2, 0) is 0 Å². The molecule has 0 N–H and O–H groups in total. The van der Waals surface area contributed by atoms with E-state index in [0.717, 1.165) is 56.1 Å². The first kappa shape index (κ1) is 27.9. The summed E-state index contributed by atoms with van der Waals surface area (Å²) in [5.41, 5.74) is 1.73. The molecule has 0 aliphatic rings. The summed E-state index contributed by atoms with van der Waals surface area (Å²) in [5, 5.41) is 8.40. The first-order valence-corrected chi connectivity index (χ1v) is 12.6. The molecule has 1 aromatic carbocycles. The molecule has 0 atom stereocenters. The van der Waals surface area contributed by atoms with Gasteiger partial charge in [-0.05, 0) is 44.0 Å². The molecule has 0 aliphatic heterocycles. The molecule has 2 rings (SSSR count). The van der Waals surface area contributed by atoms with E-state index < -0.39 is 7.81 Å². The number of hydrogen-bond donors (Lipinski definition) is 0. The van der Waals surface area contributed by atoms with Crippen molar-refractivity contribution in [2.24, 2.45) is 0 Å². The molecule has 0 aliphatic carbocycles. The van der Waals surface area contributed by atoms with Gasteiger partial charge in [-0.2, -0.15) is 0 Å². The van der Waals surface area contributed by atoms with Crippen molar-refractivity contribution in [2.45, 2.75) is 53.4 Å². The zero-order chi connectivity index (χ0) is 24.5. The van der Waals surface area contributed by atoms with Gasteiger partial charge in [0.25, 0.3) is 0 Å². The molecule has 186 valence electrons. The minimum absolute atomic E-state index is 0.843. The fraction of sp³-hybridized carbons (Fsp3) is 0.632. The third-order valence-corrected chi connectivity index (χ3v) is 4.36. The van der Waals surface area contributed by atoms with Crippen molar-refractivity contribution in [1.29, 1.82) is 0 Å². The van der Waals surface area contributed by atoms with Crippen LogP contribution >= 0.6 is 7.81 Å². The Kier molecular flexibility index (Phi) is 9.32. The number of unbranched alkanes of at least 4 members (excludes halogenated alkanes) is 2. The third-order valence-electron chi connectivity index (χ3n) is 4.36. The molecule has 0 amide bonds. The van der Waals surface area contributed by atoms with Gasteiger partial charge in [0.1, 0.15) is 11.0 Å². The normalized spacial score (nSPS) is 13.6. The molecule has 0 unspecified atom stereocenters. The molecule has 0 radical (unpaired) electrons. The molecule has 32 heavy (non-hydrogen) atoms. The second-order valence-electron chi connectivity index (χ2n) is 7.15. The Hall–Kier alpha value is -2.10. The first-order valence-electron chi connectivity index (χ1n) is 10.6. The van der Waals surface area contributed by atoms with Gasteiger partial charge in [0.15, 0.2) is 0 Å². The van der Waals surface area contributed by atoms with Crippen LogP contribution in [0.2, 0.25) is 0 Å². The molecule has 1 heterocycles. The predicted molar refractivity (Wildman–Crippen MR) is 115 cm³/mol. The number of hydrogen-bond acceptors (Lipinski definition) is 3. The van der Waals surface area contributed by atoms with Gasteiger partial charge in [0.2, 0.25) is 0 Å². The summed E-state index contributed by atoms with van der Waals surface area (Å²) < 4.78 is 61.6. The van der Waals surface area contributed by atoms with Crippen LogP contribution in [-0.4, -0.2) is 56.8 Å². The van der Waals surface area contributed by atoms with Crippen LogP contribution in [0.5, 0.6) is 0 Å². The van der Waals surface area contributed by atoms with Gasteiger partial charge in [0.05, 0.1) is 26.2 Å². The minimum atomic E-state index is -10.7. The van der Waals surface area contributed by atoms with Gasteiger partial charge in [-0.1, -0.05) is 43.7 Å². The number of amidine groups is 1. The van der Waals surface area contributed by atoms with Crippen molar-refractivity contribution >= 4 is 24.9 Å². The van der Waals surface area contributed by atoms with Gasteiger partial charge in [0, 0.05) is 0 Å². The molecule has 1 aromatic heterocycles. The van der Waals surface area contributed by atoms with Gasteiger partial charge < -0.3 is 0 Å². The van der Waals surface area contributed by atoms with Crippen molar-refractivity contribution in [2.75, 3.05) is 26.2 Å². The average molecular weight is 491 g/mol. The molecule has 0 saturated heterocycles. The summed E-state index contributed by atoms with van der Waals surface area (Å²) in [6.45, 7) is 12.5. The molecule has 13 heteroatoms. The number of aromatic nitrogens is 3. The van der Waals surface area contributed by atoms with E-state index >= 15 is 0 Å². The predicted octanol–water partition coefficient (Wildman–Crippen LogP) is 6.55. The van der Waals surface area contributed by atoms with Crippen molar-refractivity contribution in [1.82, 2.24) is 20.1 Å². The number of benzene rings is 1. The second kappa shape index (κ2) is 10.7. The van der Waals surface area contributed by atoms with Crippen LogP contribution in [0, 0.1) is 0 Å². The Balaban J connectivity index is 0.000000633. The molecule has 2 aromatic rings. The topological polar surface area (TPSA) is 46.2 Å². The van der Waals surface area contributed by atoms with Crippen LogP contribution in [0.4, 0.5) is 25.2 Å². The van der Waals surface area contributed by atoms with Crippen molar-refractivity contribution < 1.29 is 34.6 Å². The van der Waals surface area contributed by atoms with Gasteiger partial charge >= 0.3 is 39.0 Å². The fourth-order valence-corrected chi connectivity index (χ4v) is 2.80. The van der Waals surface area contributed by atoms with Crippen LogP contribution < -0.4 is 4.84 Å². The number of halogens is 6. The maximum atomic E-state index is 9.87. The Bertz CT molecular complexity index is 860. The zero-order valence-electron chi connectivity index (χ0n) is 18.8. The van der Waals surface area contributed by atoms with Crippen molar-refractivity contribution in [3.63, 3.8) is 0 Å². The van der Waals surface area contributed by atoms with E-state index in [4.69, 9.17) is 4.84 Å². The van der Waals surface area contributed by atoms with Gasteiger partial charge in [-0.3, -0.25) is 4.84 Å². The number of para-hydroxylation sites is 1. The van der Waals surface area contributed by atoms with E-state index in [9.17, 15) is 25.2 Å². The summed E-state index contributed by atoms with van der Waals surface area (Å²) >= 11 is 0. The van der Waals surface area contributed by atoms with Crippen LogP contribution in [0.1, 0.15) is 53.4 Å². The molecular formula is C19H32F6N5OP. The quantitative estimate of drug-likeness (QED) is 0.131. The number of nitrogens with zero attached hydrogens (tertiary/aromatic N) is 5. The molecule has 0 fully saturated rings. The van der Waals surface area contributed by atoms with E-state index in [1.54, 1.807) is 4.85 Å². The van der Waals surface area contributed by atoms with E-state index in [1.807, 2.05) is 24.3 Å².